The van der Waals surface area contributed by atoms with Crippen LogP contribution in [0.1, 0.15) is 67.8 Å². The standard InChI is InChI=1S/C33H33B3ClF4N9O3/c1-31(2,3)10-11-43-29(42)49(28(51)19-6-4-18(5-7-19)21-14-45-48(15-21)33(34,35)36)24(16-53-30(52)47-25-13-32(25,40)41)20-8-9-22(37)23(12-20)50-27(26(38)39)44-17-46-50/h4-9,12,14-15,17,24-26H,10-11,13,16H2,1-3H3,(H2,42,43)(H,47,52)/t24-,25+/m1/s1. The normalized spacial score (nSPS) is 16.3. The summed E-state index contributed by atoms with van der Waals surface area (Å²) in [5.74, 6) is -4.77. The number of aromatic nitrogens is 5. The maximum absolute atomic E-state index is 14.5. The van der Waals surface area contributed by atoms with Crippen LogP contribution in [0.15, 0.2) is 66.2 Å². The number of halogens is 5. The van der Waals surface area contributed by atoms with E-state index in [1.807, 2.05) is 20.8 Å². The minimum Gasteiger partial charge on any atom is -0.447 e. The smallest absolute Gasteiger partial charge is 0.407 e. The Bertz CT molecular complexity index is 1980. The lowest BCUT2D eigenvalue weighted by molar-refractivity contribution is 0.0687. The number of hydrogen-bond acceptors (Lipinski definition) is 7. The van der Waals surface area contributed by atoms with Gasteiger partial charge in [0.15, 0.2) is 11.8 Å². The number of ether oxygens (including phenoxy) is 1. The molecule has 12 nitrogen and oxygen atoms in total. The number of nitrogens with zero attached hydrogens (tertiary/aromatic N) is 7. The molecule has 0 saturated heterocycles. The lowest BCUT2D eigenvalue weighted by atomic mass is 9.49. The Hall–Kier alpha value is -4.80. The molecule has 0 spiro atoms. The maximum atomic E-state index is 14.5. The molecule has 0 aliphatic heterocycles. The van der Waals surface area contributed by atoms with E-state index in [0.29, 0.717) is 17.5 Å². The second-order valence-electron chi connectivity index (χ2n) is 13.7. The molecule has 2 aromatic carbocycles. The Morgan fingerprint density at radius 3 is 2.40 bits per heavy atom. The molecule has 6 radical (unpaired) electrons. The first-order valence-electron chi connectivity index (χ1n) is 16.2. The Morgan fingerprint density at radius 1 is 1.13 bits per heavy atom. The molecule has 4 aromatic rings. The minimum absolute atomic E-state index is 0.00530. The number of nitrogens with one attached hydrogen (secondary N) is 1. The number of aliphatic imine (C=N–C) groups is 1. The summed E-state index contributed by atoms with van der Waals surface area (Å²) in [5.41, 5.74) is 7.85. The van der Waals surface area contributed by atoms with E-state index in [1.54, 1.807) is 12.1 Å². The van der Waals surface area contributed by atoms with Crippen molar-refractivity contribution in [3.8, 4) is 16.8 Å². The average molecular weight is 748 g/mol. The second kappa shape index (κ2) is 15.3. The molecule has 5 rings (SSSR count). The van der Waals surface area contributed by atoms with Gasteiger partial charge >= 0.3 is 6.09 Å². The van der Waals surface area contributed by atoms with E-state index in [9.17, 15) is 27.2 Å². The largest absolute Gasteiger partial charge is 0.447 e. The average Bonchev–Trinajstić information content (AvgIpc) is 3.48. The van der Waals surface area contributed by atoms with Gasteiger partial charge < -0.3 is 15.8 Å². The third kappa shape index (κ3) is 9.61. The number of nitrogens with two attached hydrogens (primary N) is 1. The van der Waals surface area contributed by atoms with E-state index >= 15 is 0 Å². The number of amides is 2. The van der Waals surface area contributed by atoms with Crippen molar-refractivity contribution in [2.75, 3.05) is 13.2 Å². The van der Waals surface area contributed by atoms with E-state index in [0.717, 1.165) is 20.6 Å². The first-order valence-corrected chi connectivity index (χ1v) is 16.6. The van der Waals surface area contributed by atoms with E-state index < -0.39 is 60.5 Å². The third-order valence-corrected chi connectivity index (χ3v) is 8.52. The summed E-state index contributed by atoms with van der Waals surface area (Å²) in [7, 11) is 17.2. The van der Waals surface area contributed by atoms with Gasteiger partial charge in [-0.2, -0.15) is 10.2 Å². The molecule has 2 heterocycles. The number of guanidine groups is 1. The zero-order chi connectivity index (χ0) is 38.9. The van der Waals surface area contributed by atoms with Gasteiger partial charge in [-0.25, -0.2) is 32.0 Å². The van der Waals surface area contributed by atoms with Crippen molar-refractivity contribution in [2.24, 2.45) is 16.1 Å². The number of alkyl halides is 4. The molecule has 0 bridgehead atoms. The van der Waals surface area contributed by atoms with Crippen molar-refractivity contribution < 1.29 is 31.9 Å². The van der Waals surface area contributed by atoms with Crippen LogP contribution >= 0.6 is 11.6 Å². The lowest BCUT2D eigenvalue weighted by Gasteiger charge is -2.32. The van der Waals surface area contributed by atoms with Crippen LogP contribution in [0, 0.1) is 5.41 Å². The van der Waals surface area contributed by atoms with E-state index in [2.05, 4.69) is 25.5 Å². The molecule has 272 valence electrons. The van der Waals surface area contributed by atoms with E-state index in [1.165, 1.54) is 42.7 Å². The number of carbonyl (C=O) groups is 2. The second-order valence-corrected chi connectivity index (χ2v) is 14.1. The fraction of sp³-hybridized carbons (Fsp3) is 0.394. The lowest BCUT2D eigenvalue weighted by Crippen LogP contribution is -2.46. The Labute approximate surface area is 311 Å². The summed E-state index contributed by atoms with van der Waals surface area (Å²) in [4.78, 5) is 36.3. The van der Waals surface area contributed by atoms with Crippen molar-refractivity contribution in [2.45, 2.75) is 63.3 Å². The van der Waals surface area contributed by atoms with Crippen LogP contribution in [0.3, 0.4) is 0 Å². The fourth-order valence-corrected chi connectivity index (χ4v) is 5.33. The molecule has 1 aliphatic rings. The highest BCUT2D eigenvalue weighted by atomic mass is 35.5. The van der Waals surface area contributed by atoms with Crippen molar-refractivity contribution in [3.63, 3.8) is 0 Å². The third-order valence-electron chi connectivity index (χ3n) is 8.20. The quantitative estimate of drug-likeness (QED) is 0.0912. The molecule has 1 saturated carbocycles. The van der Waals surface area contributed by atoms with E-state index in [-0.39, 0.29) is 39.8 Å². The van der Waals surface area contributed by atoms with Gasteiger partial charge in [0.05, 0.1) is 46.5 Å². The first-order chi connectivity index (χ1) is 24.7. The molecule has 53 heavy (non-hydrogen) atoms. The summed E-state index contributed by atoms with van der Waals surface area (Å²) in [6, 6.07) is 7.70. The molecule has 0 unspecified atom stereocenters. The van der Waals surface area contributed by atoms with Crippen LogP contribution in [0.25, 0.3) is 16.8 Å². The number of hydrogen-bond donors (Lipinski definition) is 2. The van der Waals surface area contributed by atoms with Gasteiger partial charge in [0.1, 0.15) is 19.0 Å². The molecule has 3 N–H and O–H groups in total. The molecule has 20 heteroatoms. The van der Waals surface area contributed by atoms with Crippen molar-refractivity contribution in [1.82, 2.24) is 34.8 Å². The first kappa shape index (κ1) is 39.4. The van der Waals surface area contributed by atoms with Crippen molar-refractivity contribution in [1.29, 1.82) is 0 Å². The molecule has 2 aromatic heterocycles. The maximum Gasteiger partial charge on any atom is 0.407 e. The van der Waals surface area contributed by atoms with Gasteiger partial charge in [-0.15, -0.1) is 0 Å². The van der Waals surface area contributed by atoms with Gasteiger partial charge in [0, 0.05) is 30.3 Å². The van der Waals surface area contributed by atoms with Gasteiger partial charge in [-0.1, -0.05) is 50.6 Å². The van der Waals surface area contributed by atoms with Gasteiger partial charge in [-0.3, -0.25) is 19.4 Å². The highest BCUT2D eigenvalue weighted by Gasteiger charge is 2.58. The molecular formula is C33H33B3ClF4N9O3. The Morgan fingerprint density at radius 2 is 1.81 bits per heavy atom. The molecule has 1 aliphatic carbocycles. The summed E-state index contributed by atoms with van der Waals surface area (Å²) < 4.78 is 62.2. The monoisotopic (exact) mass is 747 g/mol. The van der Waals surface area contributed by atoms with Crippen LogP contribution in [-0.2, 0) is 9.97 Å². The summed E-state index contributed by atoms with van der Waals surface area (Å²) in [6.45, 7) is 5.54. The predicted octanol–water partition coefficient (Wildman–Crippen LogP) is 4.86. The number of benzene rings is 2. The number of carbonyl (C=O) groups excluding carboxylic acids is 2. The molecule has 2 atom stereocenters. The zero-order valence-corrected chi connectivity index (χ0v) is 29.6. The predicted molar refractivity (Wildman–Crippen MR) is 192 cm³/mol. The topological polar surface area (TPSA) is 146 Å². The van der Waals surface area contributed by atoms with Crippen molar-refractivity contribution >= 4 is 53.1 Å². The van der Waals surface area contributed by atoms with Gasteiger partial charge in [0.25, 0.3) is 18.3 Å². The van der Waals surface area contributed by atoms with Crippen molar-refractivity contribution in [3.05, 3.63) is 83.2 Å². The SMILES string of the molecule is [B]C([B])([B])n1cc(-c2ccc(C(=O)N(C(N)=NCCC(C)(C)C)[C@H](COC(=O)N[C@H]3CC3(F)F)c3ccc(Cl)c(-n4ncnc4C(F)F)c3)cc2)cn1. The van der Waals surface area contributed by atoms with Crippen LogP contribution in [0.2, 0.25) is 5.02 Å². The molecule has 1 fully saturated rings. The summed E-state index contributed by atoms with van der Waals surface area (Å²) in [6.07, 6.45) is -0.271. The zero-order valence-electron chi connectivity index (χ0n) is 28.9. The Balaban J connectivity index is 1.57. The highest BCUT2D eigenvalue weighted by Crippen LogP contribution is 2.41. The summed E-state index contributed by atoms with van der Waals surface area (Å²) >= 11 is 6.44. The van der Waals surface area contributed by atoms with Crippen LogP contribution in [0.5, 0.6) is 0 Å². The van der Waals surface area contributed by atoms with Crippen LogP contribution in [0.4, 0.5) is 22.4 Å². The van der Waals surface area contributed by atoms with Crippen LogP contribution in [-0.4, -0.2) is 96.1 Å². The minimum atomic E-state index is -3.08. The highest BCUT2D eigenvalue weighted by molar-refractivity contribution is 6.56. The van der Waals surface area contributed by atoms with Gasteiger partial charge in [-0.05, 0) is 52.5 Å². The Kier molecular flexibility index (Phi) is 11.4. The van der Waals surface area contributed by atoms with Crippen LogP contribution < -0.4 is 11.1 Å². The van der Waals surface area contributed by atoms with Gasteiger partial charge in [0.2, 0.25) is 0 Å². The van der Waals surface area contributed by atoms with E-state index in [4.69, 9.17) is 45.6 Å². The summed E-state index contributed by atoms with van der Waals surface area (Å²) in [5, 5.41) is 8.30. The number of alkyl carbamates (subject to hydrolysis) is 1. The fourth-order valence-electron chi connectivity index (χ4n) is 5.13. The molecule has 2 amide bonds. The number of rotatable bonds is 12. The molecular weight excluding hydrogens is 714 g/mol.